The lowest BCUT2D eigenvalue weighted by Gasteiger charge is -2.00. The Morgan fingerprint density at radius 2 is 2.00 bits per heavy atom. The van der Waals surface area contributed by atoms with Crippen LogP contribution in [0.15, 0.2) is 40.9 Å². The number of anilines is 1. The second kappa shape index (κ2) is 5.18. The monoisotopic (exact) mass is 303 g/mol. The van der Waals surface area contributed by atoms with Gasteiger partial charge in [-0.2, -0.15) is 4.98 Å². The van der Waals surface area contributed by atoms with E-state index in [0.29, 0.717) is 39.1 Å². The Morgan fingerprint density at radius 1 is 1.19 bits per heavy atom. The first-order valence-electron chi connectivity index (χ1n) is 6.20. The summed E-state index contributed by atoms with van der Waals surface area (Å²) in [4.78, 5) is 4.29. The van der Waals surface area contributed by atoms with Crippen LogP contribution in [0.1, 0.15) is 5.56 Å². The zero-order chi connectivity index (χ0) is 15.0. The third-order valence-corrected chi connectivity index (χ3v) is 3.32. The molecule has 0 aliphatic heterocycles. The van der Waals surface area contributed by atoms with Gasteiger partial charge in [0.25, 0.3) is 5.89 Å². The predicted octanol–water partition coefficient (Wildman–Crippen LogP) is 4.09. The molecule has 3 rings (SSSR count). The number of benzene rings is 2. The second-order valence-electron chi connectivity index (χ2n) is 4.62. The molecule has 3 aromatic rings. The van der Waals surface area contributed by atoms with Crippen LogP contribution in [0.2, 0.25) is 5.02 Å². The van der Waals surface area contributed by atoms with Crippen molar-refractivity contribution >= 4 is 17.3 Å². The minimum Gasteiger partial charge on any atom is -0.398 e. The highest BCUT2D eigenvalue weighted by atomic mass is 35.5. The molecule has 0 spiro atoms. The van der Waals surface area contributed by atoms with Gasteiger partial charge >= 0.3 is 0 Å². The number of nitrogen functional groups attached to an aromatic ring is 1. The van der Waals surface area contributed by atoms with Crippen LogP contribution in [0.25, 0.3) is 22.8 Å². The molecule has 21 heavy (non-hydrogen) atoms. The second-order valence-corrected chi connectivity index (χ2v) is 5.06. The van der Waals surface area contributed by atoms with Gasteiger partial charge in [0.15, 0.2) is 0 Å². The molecule has 0 aliphatic rings. The number of halogens is 2. The summed E-state index contributed by atoms with van der Waals surface area (Å²) < 4.78 is 18.5. The lowest BCUT2D eigenvalue weighted by Crippen LogP contribution is -1.90. The van der Waals surface area contributed by atoms with Crippen molar-refractivity contribution in [2.75, 3.05) is 5.73 Å². The van der Waals surface area contributed by atoms with Crippen LogP contribution in [-0.2, 0) is 0 Å². The lowest BCUT2D eigenvalue weighted by atomic mass is 10.1. The van der Waals surface area contributed by atoms with E-state index in [1.54, 1.807) is 37.3 Å². The van der Waals surface area contributed by atoms with Crippen molar-refractivity contribution in [2.45, 2.75) is 6.92 Å². The quantitative estimate of drug-likeness (QED) is 0.724. The number of aryl methyl sites for hydroxylation is 1. The van der Waals surface area contributed by atoms with Crippen molar-refractivity contribution in [3.8, 4) is 22.8 Å². The third kappa shape index (κ3) is 2.60. The topological polar surface area (TPSA) is 64.9 Å². The van der Waals surface area contributed by atoms with Gasteiger partial charge in [0.2, 0.25) is 5.82 Å². The summed E-state index contributed by atoms with van der Waals surface area (Å²) in [5.41, 5.74) is 8.14. The van der Waals surface area contributed by atoms with Crippen molar-refractivity contribution in [2.24, 2.45) is 0 Å². The largest absolute Gasteiger partial charge is 0.398 e. The summed E-state index contributed by atoms with van der Waals surface area (Å²) >= 11 is 5.86. The molecule has 0 unspecified atom stereocenters. The van der Waals surface area contributed by atoms with E-state index in [0.717, 1.165) is 0 Å². The van der Waals surface area contributed by atoms with Gasteiger partial charge in [0, 0.05) is 16.3 Å². The highest BCUT2D eigenvalue weighted by Gasteiger charge is 2.14. The number of aromatic nitrogens is 2. The van der Waals surface area contributed by atoms with E-state index >= 15 is 0 Å². The van der Waals surface area contributed by atoms with Crippen LogP contribution in [0.5, 0.6) is 0 Å². The summed E-state index contributed by atoms with van der Waals surface area (Å²) in [6, 6.07) is 9.65. The number of nitrogens with zero attached hydrogens (tertiary/aromatic N) is 2. The van der Waals surface area contributed by atoms with Gasteiger partial charge in [-0.05, 0) is 48.9 Å². The van der Waals surface area contributed by atoms with Crippen LogP contribution < -0.4 is 5.73 Å². The van der Waals surface area contributed by atoms with Gasteiger partial charge in [0.1, 0.15) is 5.82 Å². The average molecular weight is 304 g/mol. The smallest absolute Gasteiger partial charge is 0.260 e. The maximum Gasteiger partial charge on any atom is 0.260 e. The lowest BCUT2D eigenvalue weighted by molar-refractivity contribution is 0.432. The van der Waals surface area contributed by atoms with E-state index in [9.17, 15) is 4.39 Å². The Balaban J connectivity index is 2.01. The number of nitrogens with two attached hydrogens (primary N) is 1. The molecule has 1 aromatic heterocycles. The molecule has 6 heteroatoms. The molecule has 106 valence electrons. The Morgan fingerprint density at radius 3 is 2.71 bits per heavy atom. The fraction of sp³-hybridized carbons (Fsp3) is 0.0667. The van der Waals surface area contributed by atoms with E-state index in [2.05, 4.69) is 10.1 Å². The zero-order valence-electron chi connectivity index (χ0n) is 11.1. The van der Waals surface area contributed by atoms with Gasteiger partial charge in [0.05, 0.1) is 5.56 Å². The van der Waals surface area contributed by atoms with Gasteiger partial charge < -0.3 is 10.3 Å². The first-order chi connectivity index (χ1) is 10.0. The first-order valence-corrected chi connectivity index (χ1v) is 6.58. The summed E-state index contributed by atoms with van der Waals surface area (Å²) in [7, 11) is 0. The summed E-state index contributed by atoms with van der Waals surface area (Å²) in [6.07, 6.45) is 0. The predicted molar refractivity (Wildman–Crippen MR) is 79.3 cm³/mol. The van der Waals surface area contributed by atoms with E-state index in [1.807, 2.05) is 0 Å². The van der Waals surface area contributed by atoms with E-state index in [-0.39, 0.29) is 5.82 Å². The standard InChI is InChI=1S/C15H11ClFN3O/c1-8-6-9(2-5-12(8)17)14-19-15(21-20-14)11-4-3-10(16)7-13(11)18/h2-7H,18H2,1H3. The number of hydrogen-bond acceptors (Lipinski definition) is 4. The zero-order valence-corrected chi connectivity index (χ0v) is 11.9. The van der Waals surface area contributed by atoms with Gasteiger partial charge in [-0.1, -0.05) is 16.8 Å². The van der Waals surface area contributed by atoms with Crippen LogP contribution in [0.3, 0.4) is 0 Å². The summed E-state index contributed by atoms with van der Waals surface area (Å²) in [5.74, 6) is 0.396. The normalized spacial score (nSPS) is 10.8. The molecular formula is C15H11ClFN3O. The van der Waals surface area contributed by atoms with Crippen molar-refractivity contribution in [3.63, 3.8) is 0 Å². The SMILES string of the molecule is Cc1cc(-c2noc(-c3ccc(Cl)cc3N)n2)ccc1F. The molecule has 0 atom stereocenters. The van der Waals surface area contributed by atoms with Gasteiger partial charge in [-0.15, -0.1) is 0 Å². The molecule has 0 amide bonds. The van der Waals surface area contributed by atoms with Crippen LogP contribution in [0, 0.1) is 12.7 Å². The van der Waals surface area contributed by atoms with Crippen molar-refractivity contribution in [1.82, 2.24) is 10.1 Å². The van der Waals surface area contributed by atoms with E-state index in [4.69, 9.17) is 21.9 Å². The Kier molecular flexibility index (Phi) is 3.35. The number of rotatable bonds is 2. The third-order valence-electron chi connectivity index (χ3n) is 3.09. The molecular weight excluding hydrogens is 293 g/mol. The van der Waals surface area contributed by atoms with E-state index in [1.165, 1.54) is 6.07 Å². The Bertz CT molecular complexity index is 816. The average Bonchev–Trinajstić information content (AvgIpc) is 2.91. The molecule has 2 aromatic carbocycles. The van der Waals surface area contributed by atoms with Gasteiger partial charge in [-0.3, -0.25) is 0 Å². The molecule has 1 heterocycles. The molecule has 0 bridgehead atoms. The van der Waals surface area contributed by atoms with Crippen molar-refractivity contribution in [3.05, 3.63) is 52.8 Å². The molecule has 4 nitrogen and oxygen atoms in total. The number of hydrogen-bond donors (Lipinski definition) is 1. The fourth-order valence-corrected chi connectivity index (χ4v) is 2.14. The maximum absolute atomic E-state index is 13.3. The van der Waals surface area contributed by atoms with Crippen LogP contribution in [-0.4, -0.2) is 10.1 Å². The van der Waals surface area contributed by atoms with Crippen LogP contribution in [0.4, 0.5) is 10.1 Å². The minimum absolute atomic E-state index is 0.274. The van der Waals surface area contributed by atoms with E-state index < -0.39 is 0 Å². The fourth-order valence-electron chi connectivity index (χ4n) is 1.96. The Hall–Kier alpha value is -2.40. The van der Waals surface area contributed by atoms with Crippen molar-refractivity contribution in [1.29, 1.82) is 0 Å². The maximum atomic E-state index is 13.3. The highest BCUT2D eigenvalue weighted by Crippen LogP contribution is 2.29. The molecule has 2 N–H and O–H groups in total. The van der Waals surface area contributed by atoms with Gasteiger partial charge in [-0.25, -0.2) is 4.39 Å². The summed E-state index contributed by atoms with van der Waals surface area (Å²) in [6.45, 7) is 1.68. The highest BCUT2D eigenvalue weighted by molar-refractivity contribution is 6.31. The minimum atomic E-state index is -0.274. The molecule has 0 aliphatic carbocycles. The summed E-state index contributed by atoms with van der Waals surface area (Å²) in [5, 5.41) is 4.43. The molecule has 0 saturated heterocycles. The molecule has 0 fully saturated rings. The molecule has 0 radical (unpaired) electrons. The first kappa shape index (κ1) is 13.6. The van der Waals surface area contributed by atoms with Crippen molar-refractivity contribution < 1.29 is 8.91 Å². The van der Waals surface area contributed by atoms with Crippen LogP contribution >= 0.6 is 11.6 Å². The Labute approximate surface area is 125 Å². The molecule has 0 saturated carbocycles.